The van der Waals surface area contributed by atoms with Crippen LogP contribution in [0.5, 0.6) is 5.75 Å². The SMILES string of the molecule is COc1ccc(Br)cc1S(=O)(=O)N1CCS(=O)CC(C)C1. The Bertz CT molecular complexity index is 648. The lowest BCUT2D eigenvalue weighted by atomic mass is 10.2. The van der Waals surface area contributed by atoms with Crippen LogP contribution >= 0.6 is 15.9 Å². The molecule has 0 saturated carbocycles. The molecule has 0 N–H and O–H groups in total. The molecular formula is C13H18BrNO4S2. The summed E-state index contributed by atoms with van der Waals surface area (Å²) in [6.07, 6.45) is 0. The molecule has 1 fully saturated rings. The minimum atomic E-state index is -3.66. The van der Waals surface area contributed by atoms with Crippen LogP contribution in [0.2, 0.25) is 0 Å². The normalized spacial score (nSPS) is 24.5. The lowest BCUT2D eigenvalue weighted by Gasteiger charge is -2.22. The first kappa shape index (κ1) is 16.9. The quantitative estimate of drug-likeness (QED) is 0.783. The van der Waals surface area contributed by atoms with Gasteiger partial charge in [-0.15, -0.1) is 0 Å². The highest BCUT2D eigenvalue weighted by molar-refractivity contribution is 9.10. The van der Waals surface area contributed by atoms with Gasteiger partial charge in [-0.25, -0.2) is 8.42 Å². The van der Waals surface area contributed by atoms with Crippen LogP contribution in [0.15, 0.2) is 27.6 Å². The van der Waals surface area contributed by atoms with Gasteiger partial charge in [0.15, 0.2) is 0 Å². The van der Waals surface area contributed by atoms with E-state index in [0.717, 1.165) is 0 Å². The highest BCUT2D eigenvalue weighted by Gasteiger charge is 2.31. The molecule has 2 unspecified atom stereocenters. The van der Waals surface area contributed by atoms with Gasteiger partial charge in [0.05, 0.1) is 7.11 Å². The van der Waals surface area contributed by atoms with Crippen LogP contribution in [0.4, 0.5) is 0 Å². The Morgan fingerprint density at radius 2 is 2.14 bits per heavy atom. The summed E-state index contributed by atoms with van der Waals surface area (Å²) in [7, 11) is -3.17. The average molecular weight is 396 g/mol. The van der Waals surface area contributed by atoms with Crippen molar-refractivity contribution >= 4 is 36.8 Å². The fourth-order valence-electron chi connectivity index (χ4n) is 2.31. The zero-order valence-electron chi connectivity index (χ0n) is 11.9. The third-order valence-corrected chi connectivity index (χ3v) is 7.26. The minimum absolute atomic E-state index is 0.0706. The molecule has 2 rings (SSSR count). The van der Waals surface area contributed by atoms with E-state index in [4.69, 9.17) is 4.74 Å². The minimum Gasteiger partial charge on any atom is -0.495 e. The van der Waals surface area contributed by atoms with E-state index in [9.17, 15) is 12.6 Å². The van der Waals surface area contributed by atoms with E-state index in [1.54, 1.807) is 18.2 Å². The van der Waals surface area contributed by atoms with Crippen LogP contribution in [-0.2, 0) is 20.8 Å². The van der Waals surface area contributed by atoms with Gasteiger partial charge >= 0.3 is 0 Å². The van der Waals surface area contributed by atoms with E-state index in [0.29, 0.717) is 28.3 Å². The number of halogens is 1. The second kappa shape index (κ2) is 6.76. The second-order valence-electron chi connectivity index (χ2n) is 5.07. The van der Waals surface area contributed by atoms with Crippen LogP contribution in [0.3, 0.4) is 0 Å². The third kappa shape index (κ3) is 3.85. The Hall–Kier alpha value is -0.440. The summed E-state index contributed by atoms with van der Waals surface area (Å²) >= 11 is 3.29. The summed E-state index contributed by atoms with van der Waals surface area (Å²) in [5, 5.41) is 0. The molecule has 118 valence electrons. The number of benzene rings is 1. The molecule has 1 heterocycles. The Balaban J connectivity index is 2.41. The van der Waals surface area contributed by atoms with Crippen molar-refractivity contribution in [3.63, 3.8) is 0 Å². The van der Waals surface area contributed by atoms with E-state index < -0.39 is 20.8 Å². The number of methoxy groups -OCH3 is 1. The van der Waals surface area contributed by atoms with E-state index >= 15 is 0 Å². The van der Waals surface area contributed by atoms with Crippen LogP contribution < -0.4 is 4.74 Å². The highest BCUT2D eigenvalue weighted by atomic mass is 79.9. The zero-order chi connectivity index (χ0) is 15.6. The van der Waals surface area contributed by atoms with Crippen molar-refractivity contribution in [3.05, 3.63) is 22.7 Å². The van der Waals surface area contributed by atoms with Crippen molar-refractivity contribution in [3.8, 4) is 5.75 Å². The van der Waals surface area contributed by atoms with E-state index in [-0.39, 0.29) is 17.4 Å². The van der Waals surface area contributed by atoms with Crippen LogP contribution in [0.25, 0.3) is 0 Å². The summed E-state index contributed by atoms with van der Waals surface area (Å²) in [6, 6.07) is 4.90. The van der Waals surface area contributed by atoms with Gasteiger partial charge in [-0.05, 0) is 24.1 Å². The molecule has 2 atom stereocenters. The summed E-state index contributed by atoms with van der Waals surface area (Å²) in [6.45, 7) is 2.57. The molecule has 0 amide bonds. The molecule has 0 spiro atoms. The number of nitrogens with zero attached hydrogens (tertiary/aromatic N) is 1. The Kier molecular flexibility index (Phi) is 5.45. The van der Waals surface area contributed by atoms with Gasteiger partial charge in [0.1, 0.15) is 10.6 Å². The first-order chi connectivity index (χ1) is 9.84. The molecule has 1 aliphatic heterocycles. The van der Waals surface area contributed by atoms with E-state index in [1.807, 2.05) is 6.92 Å². The number of hydrogen-bond acceptors (Lipinski definition) is 4. The Morgan fingerprint density at radius 1 is 1.43 bits per heavy atom. The molecule has 1 saturated heterocycles. The fourth-order valence-corrected chi connectivity index (χ4v) is 6.01. The third-order valence-electron chi connectivity index (χ3n) is 3.30. The second-order valence-corrected chi connectivity index (χ2v) is 9.52. The molecule has 1 aromatic carbocycles. The smallest absolute Gasteiger partial charge is 0.246 e. The topological polar surface area (TPSA) is 63.7 Å². The van der Waals surface area contributed by atoms with Gasteiger partial charge in [-0.3, -0.25) is 4.21 Å². The zero-order valence-corrected chi connectivity index (χ0v) is 15.1. The molecule has 0 radical (unpaired) electrons. The van der Waals surface area contributed by atoms with Gasteiger partial charge in [0.2, 0.25) is 10.0 Å². The molecular weight excluding hydrogens is 378 g/mol. The molecule has 1 aromatic rings. The van der Waals surface area contributed by atoms with Gasteiger partial charge < -0.3 is 4.74 Å². The van der Waals surface area contributed by atoms with Crippen molar-refractivity contribution in [1.82, 2.24) is 4.31 Å². The van der Waals surface area contributed by atoms with Crippen LogP contribution in [-0.4, -0.2) is 48.6 Å². The maximum absolute atomic E-state index is 12.9. The predicted molar refractivity (Wildman–Crippen MR) is 86.5 cm³/mol. The predicted octanol–water partition coefficient (Wildman–Crippen LogP) is 1.85. The molecule has 0 aromatic heterocycles. The first-order valence-electron chi connectivity index (χ1n) is 6.53. The fraction of sp³-hybridized carbons (Fsp3) is 0.538. The van der Waals surface area contributed by atoms with Gasteiger partial charge in [-0.1, -0.05) is 22.9 Å². The lowest BCUT2D eigenvalue weighted by molar-refractivity contribution is 0.379. The average Bonchev–Trinajstić information content (AvgIpc) is 2.59. The molecule has 0 aliphatic carbocycles. The van der Waals surface area contributed by atoms with Crippen LogP contribution in [0.1, 0.15) is 6.92 Å². The van der Waals surface area contributed by atoms with Crippen molar-refractivity contribution in [2.75, 3.05) is 31.7 Å². The van der Waals surface area contributed by atoms with Crippen molar-refractivity contribution < 1.29 is 17.4 Å². The summed E-state index contributed by atoms with van der Waals surface area (Å²) in [5.74, 6) is 1.30. The van der Waals surface area contributed by atoms with Crippen molar-refractivity contribution in [1.29, 1.82) is 0 Å². The molecule has 5 nitrogen and oxygen atoms in total. The number of ether oxygens (including phenoxy) is 1. The number of hydrogen-bond donors (Lipinski definition) is 0. The molecule has 0 bridgehead atoms. The van der Waals surface area contributed by atoms with Crippen molar-refractivity contribution in [2.24, 2.45) is 5.92 Å². The Labute approximate surface area is 136 Å². The first-order valence-corrected chi connectivity index (χ1v) is 10.3. The molecule has 21 heavy (non-hydrogen) atoms. The number of rotatable bonds is 3. The monoisotopic (exact) mass is 395 g/mol. The summed E-state index contributed by atoms with van der Waals surface area (Å²) in [5.41, 5.74) is 0. The Morgan fingerprint density at radius 3 is 2.81 bits per heavy atom. The lowest BCUT2D eigenvalue weighted by Crippen LogP contribution is -2.35. The standard InChI is InChI=1S/C13H18BrNO4S2/c1-10-8-15(5-6-20(16)9-10)21(17,18)13-7-11(14)3-4-12(13)19-2/h3-4,7,10H,5-6,8-9H2,1-2H3. The van der Waals surface area contributed by atoms with E-state index in [1.165, 1.54) is 11.4 Å². The van der Waals surface area contributed by atoms with Crippen LogP contribution in [0, 0.1) is 5.92 Å². The highest BCUT2D eigenvalue weighted by Crippen LogP contribution is 2.30. The maximum atomic E-state index is 12.9. The maximum Gasteiger partial charge on any atom is 0.246 e. The molecule has 1 aliphatic rings. The summed E-state index contributed by atoms with van der Waals surface area (Å²) < 4.78 is 44.7. The van der Waals surface area contributed by atoms with E-state index in [2.05, 4.69) is 15.9 Å². The molecule has 8 heteroatoms. The largest absolute Gasteiger partial charge is 0.495 e. The van der Waals surface area contributed by atoms with Crippen molar-refractivity contribution in [2.45, 2.75) is 11.8 Å². The number of sulfonamides is 1. The van der Waals surface area contributed by atoms with Gasteiger partial charge in [0.25, 0.3) is 0 Å². The summed E-state index contributed by atoms with van der Waals surface area (Å²) in [4.78, 5) is 0.138. The van der Waals surface area contributed by atoms with Gasteiger partial charge in [-0.2, -0.15) is 4.31 Å². The van der Waals surface area contributed by atoms with Gasteiger partial charge in [0, 0.05) is 39.9 Å².